The van der Waals surface area contributed by atoms with Crippen molar-refractivity contribution in [1.82, 2.24) is 5.01 Å². The molecular formula is C23H22N3O3-. The van der Waals surface area contributed by atoms with Gasteiger partial charge in [-0.25, -0.2) is 5.01 Å². The van der Waals surface area contributed by atoms with Crippen molar-refractivity contribution in [2.45, 2.75) is 26.7 Å². The van der Waals surface area contributed by atoms with E-state index < -0.39 is 18.4 Å². The van der Waals surface area contributed by atoms with Crippen molar-refractivity contribution >= 4 is 35.0 Å². The highest BCUT2D eigenvalue weighted by molar-refractivity contribution is 6.27. The van der Waals surface area contributed by atoms with Gasteiger partial charge in [0.05, 0.1) is 23.8 Å². The van der Waals surface area contributed by atoms with Gasteiger partial charge in [0.15, 0.2) is 0 Å². The Balaban J connectivity index is 1.63. The molecule has 0 aromatic heterocycles. The fourth-order valence-corrected chi connectivity index (χ4v) is 3.84. The Morgan fingerprint density at radius 2 is 1.93 bits per heavy atom. The summed E-state index contributed by atoms with van der Waals surface area (Å²) in [6.07, 6.45) is 3.81. The highest BCUT2D eigenvalue weighted by Gasteiger charge is 2.27. The van der Waals surface area contributed by atoms with Gasteiger partial charge in [-0.15, -0.1) is 0 Å². The molecule has 0 atom stereocenters. The molecule has 4 rings (SSSR count). The second kappa shape index (κ2) is 7.54. The summed E-state index contributed by atoms with van der Waals surface area (Å²) in [5, 5.41) is 15.8. The number of nitrogens with zero attached hydrogens (tertiary/aromatic N) is 3. The van der Waals surface area contributed by atoms with Crippen LogP contribution in [0.4, 0.5) is 11.4 Å². The largest absolute Gasteiger partial charge is 0.548 e. The number of fused-ring (bicyclic) bond motifs is 1. The second-order valence-electron chi connectivity index (χ2n) is 7.46. The molecule has 0 bridgehead atoms. The smallest absolute Gasteiger partial charge is 0.276 e. The lowest BCUT2D eigenvalue weighted by atomic mass is 9.97. The first-order valence-corrected chi connectivity index (χ1v) is 9.68. The van der Waals surface area contributed by atoms with Crippen LogP contribution in [0.25, 0.3) is 6.08 Å². The zero-order valence-corrected chi connectivity index (χ0v) is 16.5. The number of carboxylic acids is 1. The Morgan fingerprint density at radius 1 is 1.17 bits per heavy atom. The van der Waals surface area contributed by atoms with E-state index in [1.54, 1.807) is 13.0 Å². The number of carbonyl (C=O) groups excluding carboxylic acids is 2. The van der Waals surface area contributed by atoms with Crippen molar-refractivity contribution in [3.63, 3.8) is 0 Å². The molecular weight excluding hydrogens is 366 g/mol. The summed E-state index contributed by atoms with van der Waals surface area (Å²) >= 11 is 0. The molecule has 1 amide bonds. The molecule has 2 heterocycles. The lowest BCUT2D eigenvalue weighted by Gasteiger charge is -2.31. The van der Waals surface area contributed by atoms with Crippen LogP contribution >= 0.6 is 0 Å². The fourth-order valence-electron chi connectivity index (χ4n) is 3.84. The van der Waals surface area contributed by atoms with Gasteiger partial charge < -0.3 is 14.8 Å². The Labute approximate surface area is 169 Å². The quantitative estimate of drug-likeness (QED) is 0.754. The molecule has 6 nitrogen and oxygen atoms in total. The van der Waals surface area contributed by atoms with E-state index in [1.807, 2.05) is 6.07 Å². The highest BCUT2D eigenvalue weighted by atomic mass is 16.4. The molecule has 2 aromatic rings. The highest BCUT2D eigenvalue weighted by Crippen LogP contribution is 2.34. The predicted octanol–water partition coefficient (Wildman–Crippen LogP) is 2.43. The van der Waals surface area contributed by atoms with Gasteiger partial charge in [-0.05, 0) is 68.2 Å². The summed E-state index contributed by atoms with van der Waals surface area (Å²) in [7, 11) is 0. The Bertz CT molecular complexity index is 1040. The minimum atomic E-state index is -1.33. The maximum Gasteiger partial charge on any atom is 0.276 e. The van der Waals surface area contributed by atoms with Crippen LogP contribution in [0.15, 0.2) is 53.1 Å². The van der Waals surface area contributed by atoms with E-state index in [-0.39, 0.29) is 0 Å². The first-order chi connectivity index (χ1) is 13.9. The number of carbonyl (C=O) groups is 2. The van der Waals surface area contributed by atoms with E-state index >= 15 is 0 Å². The number of amides is 1. The summed E-state index contributed by atoms with van der Waals surface area (Å²) in [6, 6.07) is 14.7. The summed E-state index contributed by atoms with van der Waals surface area (Å²) in [5.41, 5.74) is 6.66. The van der Waals surface area contributed by atoms with E-state index in [9.17, 15) is 14.7 Å². The lowest BCUT2D eigenvalue weighted by molar-refractivity contribution is -0.306. The Kier molecular flexibility index (Phi) is 4.92. The number of aryl methyl sites for hydroxylation is 2. The van der Waals surface area contributed by atoms with E-state index in [1.165, 1.54) is 22.5 Å². The van der Waals surface area contributed by atoms with Gasteiger partial charge in [0.25, 0.3) is 5.91 Å². The third kappa shape index (κ3) is 3.78. The average Bonchev–Trinajstić information content (AvgIpc) is 2.95. The molecule has 0 aliphatic carbocycles. The summed E-state index contributed by atoms with van der Waals surface area (Å²) in [5.74, 6) is -1.74. The van der Waals surface area contributed by atoms with Crippen LogP contribution in [0.1, 0.15) is 30.0 Å². The molecule has 0 N–H and O–H groups in total. The van der Waals surface area contributed by atoms with Gasteiger partial charge in [-0.3, -0.25) is 4.79 Å². The molecule has 0 unspecified atom stereocenters. The third-order valence-corrected chi connectivity index (χ3v) is 5.28. The van der Waals surface area contributed by atoms with Crippen LogP contribution in [0.5, 0.6) is 0 Å². The number of rotatable bonds is 4. The molecule has 6 heteroatoms. The van der Waals surface area contributed by atoms with Crippen molar-refractivity contribution < 1.29 is 14.7 Å². The van der Waals surface area contributed by atoms with Crippen molar-refractivity contribution in [2.24, 2.45) is 5.10 Å². The predicted molar refractivity (Wildman–Crippen MR) is 111 cm³/mol. The number of anilines is 2. The van der Waals surface area contributed by atoms with Crippen LogP contribution in [0.2, 0.25) is 0 Å². The lowest BCUT2D eigenvalue weighted by Crippen LogP contribution is -2.36. The molecule has 0 saturated heterocycles. The first kappa shape index (κ1) is 18.9. The van der Waals surface area contributed by atoms with Crippen molar-refractivity contribution in [2.75, 3.05) is 18.0 Å². The average molecular weight is 388 g/mol. The molecule has 0 spiro atoms. The number of carboxylic acid groups (broad SMARTS) is 1. The Hall–Kier alpha value is -3.41. The molecule has 29 heavy (non-hydrogen) atoms. The molecule has 2 aromatic carbocycles. The number of benzene rings is 2. The zero-order chi connectivity index (χ0) is 20.5. The topological polar surface area (TPSA) is 76.0 Å². The molecule has 148 valence electrons. The second-order valence-corrected chi connectivity index (χ2v) is 7.46. The van der Waals surface area contributed by atoms with Crippen LogP contribution in [-0.2, 0) is 16.0 Å². The molecule has 0 radical (unpaired) electrons. The molecule has 0 fully saturated rings. The van der Waals surface area contributed by atoms with Gasteiger partial charge in [-0.2, -0.15) is 5.10 Å². The van der Waals surface area contributed by atoms with Crippen molar-refractivity contribution in [1.29, 1.82) is 0 Å². The monoisotopic (exact) mass is 388 g/mol. The van der Waals surface area contributed by atoms with Crippen LogP contribution in [0.3, 0.4) is 0 Å². The normalized spacial score (nSPS) is 17.5. The van der Waals surface area contributed by atoms with E-state index in [4.69, 9.17) is 0 Å². The molecule has 2 aliphatic rings. The van der Waals surface area contributed by atoms with Gasteiger partial charge in [0, 0.05) is 17.9 Å². The fraction of sp³-hybridized carbons (Fsp3) is 0.261. The van der Waals surface area contributed by atoms with E-state index in [0.717, 1.165) is 30.0 Å². The maximum atomic E-state index is 12.5. The number of hydrogen-bond acceptors (Lipinski definition) is 5. The summed E-state index contributed by atoms with van der Waals surface area (Å²) < 4.78 is 0. The molecule has 2 aliphatic heterocycles. The molecule has 0 saturated carbocycles. The minimum Gasteiger partial charge on any atom is -0.548 e. The summed E-state index contributed by atoms with van der Waals surface area (Å²) in [6.45, 7) is 4.22. The maximum absolute atomic E-state index is 12.5. The number of hydrogen-bond donors (Lipinski definition) is 0. The van der Waals surface area contributed by atoms with Gasteiger partial charge in [-0.1, -0.05) is 23.8 Å². The minimum absolute atomic E-state index is 0.411. The number of aliphatic carboxylic acids is 1. The Morgan fingerprint density at radius 3 is 2.66 bits per heavy atom. The SMILES string of the molecule is CC1=NN(CC(=O)[O-])C(=O)/C1=C\c1ccc2c(c1)CCCN2c1ccc(C)cc1. The zero-order valence-electron chi connectivity index (χ0n) is 16.5. The van der Waals surface area contributed by atoms with Crippen LogP contribution in [-0.4, -0.2) is 35.7 Å². The van der Waals surface area contributed by atoms with Gasteiger partial charge in [0.2, 0.25) is 0 Å². The van der Waals surface area contributed by atoms with Gasteiger partial charge in [0.1, 0.15) is 0 Å². The van der Waals surface area contributed by atoms with Crippen molar-refractivity contribution in [3.8, 4) is 0 Å². The van der Waals surface area contributed by atoms with Crippen molar-refractivity contribution in [3.05, 3.63) is 64.7 Å². The van der Waals surface area contributed by atoms with Crippen LogP contribution < -0.4 is 10.0 Å². The number of hydrazone groups is 1. The third-order valence-electron chi connectivity index (χ3n) is 5.28. The standard InChI is InChI=1S/C23H23N3O3/c1-15-5-8-19(9-6-15)25-11-3-4-18-12-17(7-10-21(18)25)13-20-16(2)24-26(23(20)29)14-22(27)28/h5-10,12-13H,3-4,11,14H2,1-2H3,(H,27,28)/p-1/b20-13-. The summed E-state index contributed by atoms with van der Waals surface area (Å²) in [4.78, 5) is 25.6. The van der Waals surface area contributed by atoms with E-state index in [2.05, 4.69) is 53.3 Å². The van der Waals surface area contributed by atoms with Crippen LogP contribution in [0, 0.1) is 6.92 Å². The first-order valence-electron chi connectivity index (χ1n) is 9.68. The van der Waals surface area contributed by atoms with Gasteiger partial charge >= 0.3 is 0 Å². The van der Waals surface area contributed by atoms with E-state index in [0.29, 0.717) is 11.3 Å².